The third kappa shape index (κ3) is 21.5. The Bertz CT molecular complexity index is 808. The minimum absolute atomic E-state index is 0.596. The fraction of sp³-hybridized carbons (Fsp3) is 0.822. The van der Waals surface area contributed by atoms with Crippen LogP contribution in [0.2, 0.25) is 0 Å². The first kappa shape index (κ1) is 44.7. The first-order valence-corrected chi connectivity index (χ1v) is 25.1. The molecule has 0 aliphatic carbocycles. The van der Waals surface area contributed by atoms with Gasteiger partial charge in [0, 0.05) is 0 Å². The molecule has 47 heavy (non-hydrogen) atoms. The summed E-state index contributed by atoms with van der Waals surface area (Å²) in [6.07, 6.45) is 45.9. The summed E-state index contributed by atoms with van der Waals surface area (Å²) in [5.41, 5.74) is 2.10. The Morgan fingerprint density at radius 2 is 0.894 bits per heavy atom. The quantitative estimate of drug-likeness (QED) is 0.0378. The van der Waals surface area contributed by atoms with Crippen LogP contribution in [0.4, 0.5) is 0 Å². The Kier molecular flexibility index (Phi) is 27.0. The van der Waals surface area contributed by atoms with Gasteiger partial charge in [0.1, 0.15) is 0 Å². The molecule has 0 nitrogen and oxygen atoms in total. The Balaban J connectivity index is 2.87. The van der Waals surface area contributed by atoms with E-state index in [9.17, 15) is 0 Å². The molecule has 276 valence electrons. The van der Waals surface area contributed by atoms with Gasteiger partial charge < -0.3 is 0 Å². The van der Waals surface area contributed by atoms with Crippen LogP contribution < -0.4 is 0 Å². The maximum absolute atomic E-state index is 8.30. The monoisotopic (exact) mass is 691 g/mol. The molecule has 0 fully saturated rings. The summed E-state index contributed by atoms with van der Waals surface area (Å²) < 4.78 is 0. The van der Waals surface area contributed by atoms with Crippen LogP contribution in [0.15, 0.2) is 43.0 Å². The van der Waals surface area contributed by atoms with E-state index in [0.29, 0.717) is 5.41 Å². The second-order valence-corrected chi connectivity index (χ2v) is 24.1. The topological polar surface area (TPSA) is 0 Å². The maximum atomic E-state index is 8.30. The molecule has 0 bridgehead atoms. The van der Waals surface area contributed by atoms with Crippen LogP contribution in [0.25, 0.3) is 0 Å². The van der Waals surface area contributed by atoms with Crippen molar-refractivity contribution in [3.8, 4) is 0 Å². The van der Waals surface area contributed by atoms with Crippen molar-refractivity contribution in [1.29, 1.82) is 0 Å². The van der Waals surface area contributed by atoms with Crippen LogP contribution in [-0.4, -0.2) is 18.5 Å². The molecule has 0 radical (unpaired) electrons. The molecule has 0 saturated heterocycles. The summed E-state index contributed by atoms with van der Waals surface area (Å²) in [6.45, 7) is 13.4. The minimum atomic E-state index is -2.36. The molecule has 0 aliphatic rings. The molecule has 1 aromatic rings. The number of unbranched alkanes of at least 4 members (excludes halogenated alkanes) is 18. The van der Waals surface area contributed by atoms with Gasteiger partial charge >= 0.3 is 291 Å². The molecule has 1 aromatic carbocycles. The van der Waals surface area contributed by atoms with Gasteiger partial charge in [-0.15, -0.1) is 6.58 Å². The van der Waals surface area contributed by atoms with Gasteiger partial charge in [-0.25, -0.2) is 0 Å². The van der Waals surface area contributed by atoms with E-state index in [1.807, 2.05) is 0 Å². The third-order valence-electron chi connectivity index (χ3n) is 11.5. The van der Waals surface area contributed by atoms with Crippen LogP contribution >= 0.6 is 17.2 Å². The molecule has 0 unspecified atom stereocenters. The molecule has 0 atom stereocenters. The van der Waals surface area contributed by atoms with Crippen LogP contribution in [-0.2, 0) is 6.16 Å². The van der Waals surface area contributed by atoms with E-state index in [-0.39, 0.29) is 0 Å². The van der Waals surface area contributed by atoms with Gasteiger partial charge in [0.05, 0.1) is 0 Å². The number of hydrogen-bond donors (Lipinski definition) is 0. The zero-order valence-electron chi connectivity index (χ0n) is 32.6. The Hall–Kier alpha value is -0.320. The predicted octanol–water partition coefficient (Wildman–Crippen LogP) is 17.1. The molecule has 1 rings (SSSR count). The molecule has 0 N–H and O–H groups in total. The van der Waals surface area contributed by atoms with E-state index < -0.39 is 5.96 Å². The Labute approximate surface area is 302 Å². The zero-order chi connectivity index (χ0) is 34.4. The van der Waals surface area contributed by atoms with E-state index in [4.69, 9.17) is 11.2 Å². The van der Waals surface area contributed by atoms with Crippen molar-refractivity contribution < 1.29 is 0 Å². The number of allylic oxidation sites excluding steroid dienone is 1. The molecule has 0 heterocycles. The number of rotatable bonds is 35. The fourth-order valence-corrected chi connectivity index (χ4v) is 15.2. The Morgan fingerprint density at radius 1 is 0.511 bits per heavy atom. The van der Waals surface area contributed by atoms with Gasteiger partial charge in [0.15, 0.2) is 0 Å². The van der Waals surface area contributed by atoms with Gasteiger partial charge in [0.2, 0.25) is 0 Å². The standard InChI is InChI=1S/C45H84ClP/c1-6-11-16-19-23-31-40-47(46,41-32-24-20-17-12-7-2,43-44-34-27-26-28-35-44)42-33-25-21-22-30-39-45(36-14-9-4,37-15-10-5)38-29-18-13-8-3/h8,26-28,34-35H,3,6-7,9-25,29-33,36-43H2,1-2,4-5H3. The van der Waals surface area contributed by atoms with Crippen molar-refractivity contribution in [3.05, 3.63) is 48.6 Å². The van der Waals surface area contributed by atoms with Crippen molar-refractivity contribution >= 4 is 17.2 Å². The average molecular weight is 692 g/mol. The van der Waals surface area contributed by atoms with E-state index in [1.165, 1.54) is 210 Å². The summed E-state index contributed by atoms with van der Waals surface area (Å²) in [4.78, 5) is 0. The third-order valence-corrected chi connectivity index (χ3v) is 18.8. The van der Waals surface area contributed by atoms with Crippen molar-refractivity contribution in [1.82, 2.24) is 0 Å². The van der Waals surface area contributed by atoms with E-state index in [2.05, 4.69) is 70.7 Å². The van der Waals surface area contributed by atoms with Crippen molar-refractivity contribution in [2.24, 2.45) is 5.41 Å². The summed E-state index contributed by atoms with van der Waals surface area (Å²) >= 11 is 8.30. The predicted molar refractivity (Wildman–Crippen MR) is 222 cm³/mol. The van der Waals surface area contributed by atoms with Crippen molar-refractivity contribution in [3.63, 3.8) is 0 Å². The van der Waals surface area contributed by atoms with E-state index in [1.54, 1.807) is 0 Å². The summed E-state index contributed by atoms with van der Waals surface area (Å²) in [7, 11) is 0. The van der Waals surface area contributed by atoms with Crippen LogP contribution in [0, 0.1) is 5.41 Å². The van der Waals surface area contributed by atoms with Gasteiger partial charge in [-0.05, 0) is 0 Å². The summed E-state index contributed by atoms with van der Waals surface area (Å²) in [5, 5.41) is 0. The average Bonchev–Trinajstić information content (AvgIpc) is 3.08. The number of benzene rings is 1. The molecule has 2 heteroatoms. The molecule has 0 amide bonds. The molecular weight excluding hydrogens is 607 g/mol. The second-order valence-electron chi connectivity index (χ2n) is 15.9. The van der Waals surface area contributed by atoms with Crippen LogP contribution in [0.3, 0.4) is 0 Å². The van der Waals surface area contributed by atoms with Gasteiger partial charge in [0.25, 0.3) is 0 Å². The Morgan fingerprint density at radius 3 is 1.34 bits per heavy atom. The molecule has 0 aliphatic heterocycles. The zero-order valence-corrected chi connectivity index (χ0v) is 34.3. The van der Waals surface area contributed by atoms with Crippen molar-refractivity contribution in [2.45, 2.75) is 214 Å². The first-order valence-electron chi connectivity index (χ1n) is 21.3. The molecule has 0 spiro atoms. The normalized spacial score (nSPS) is 13.1. The van der Waals surface area contributed by atoms with Gasteiger partial charge in [-0.1, -0.05) is 6.08 Å². The number of halogens is 1. The van der Waals surface area contributed by atoms with Crippen LogP contribution in [0.5, 0.6) is 0 Å². The second kappa shape index (κ2) is 28.4. The van der Waals surface area contributed by atoms with Gasteiger partial charge in [-0.2, -0.15) is 0 Å². The molecule has 0 saturated carbocycles. The van der Waals surface area contributed by atoms with Gasteiger partial charge in [-0.3, -0.25) is 0 Å². The first-order chi connectivity index (χ1) is 22.9. The van der Waals surface area contributed by atoms with Crippen LogP contribution in [0.1, 0.15) is 213 Å². The van der Waals surface area contributed by atoms with E-state index >= 15 is 0 Å². The molecular formula is C45H84ClP. The summed E-state index contributed by atoms with van der Waals surface area (Å²) in [5.74, 6) is -2.36. The van der Waals surface area contributed by atoms with Crippen molar-refractivity contribution in [2.75, 3.05) is 18.5 Å². The molecule has 0 aromatic heterocycles. The number of hydrogen-bond acceptors (Lipinski definition) is 0. The SMILES string of the molecule is C=CCCCCC(CCCC)(CCCC)CCCCCCCP(Cl)(CCCCCCCC)(CCCCCCCC)Cc1ccccc1. The van der Waals surface area contributed by atoms with E-state index in [0.717, 1.165) is 0 Å². The summed E-state index contributed by atoms with van der Waals surface area (Å²) in [6, 6.07) is 11.4. The fourth-order valence-electron chi connectivity index (χ4n) is 8.37.